The molecule has 21 heavy (non-hydrogen) atoms. The van der Waals surface area contributed by atoms with Gasteiger partial charge in [-0.15, -0.1) is 0 Å². The van der Waals surface area contributed by atoms with Gasteiger partial charge in [0, 0.05) is 24.8 Å². The van der Waals surface area contributed by atoms with Crippen molar-refractivity contribution in [3.05, 3.63) is 54.0 Å². The number of sulfonamides is 1. The Bertz CT molecular complexity index is 749. The summed E-state index contributed by atoms with van der Waals surface area (Å²) >= 11 is 0. The Balaban J connectivity index is 2.42. The second kappa shape index (κ2) is 5.79. The highest BCUT2D eigenvalue weighted by Gasteiger charge is 2.29. The Kier molecular flexibility index (Phi) is 4.24. The van der Waals surface area contributed by atoms with Crippen LogP contribution in [0.2, 0.25) is 0 Å². The van der Waals surface area contributed by atoms with E-state index in [0.29, 0.717) is 5.56 Å². The Morgan fingerprint density at radius 1 is 1.24 bits per heavy atom. The molecule has 0 aliphatic carbocycles. The molecule has 0 radical (unpaired) electrons. The minimum absolute atomic E-state index is 0.0786. The van der Waals surface area contributed by atoms with Crippen molar-refractivity contribution >= 4 is 15.8 Å². The van der Waals surface area contributed by atoms with Crippen LogP contribution < -0.4 is 5.73 Å². The number of benzene rings is 1. The highest BCUT2D eigenvalue weighted by molar-refractivity contribution is 7.89. The molecule has 1 aromatic heterocycles. The van der Waals surface area contributed by atoms with Crippen LogP contribution in [0.3, 0.4) is 0 Å². The van der Waals surface area contributed by atoms with E-state index in [1.807, 2.05) is 0 Å². The van der Waals surface area contributed by atoms with Crippen LogP contribution in [0.4, 0.5) is 10.2 Å². The SMILES string of the molecule is CC(c1ccccc1F)N(C)S(=O)(=O)c1cccnc1N. The second-order valence-electron chi connectivity index (χ2n) is 4.61. The van der Waals surface area contributed by atoms with E-state index in [4.69, 9.17) is 5.73 Å². The zero-order valence-electron chi connectivity index (χ0n) is 11.7. The molecule has 0 aliphatic heterocycles. The number of pyridine rings is 1. The standard InChI is InChI=1S/C14H16FN3O2S/c1-10(11-6-3-4-7-12(11)15)18(2)21(19,20)13-8-5-9-17-14(13)16/h3-10H,1-2H3,(H2,16,17). The fraction of sp³-hybridized carbons (Fsp3) is 0.214. The maximum atomic E-state index is 13.8. The van der Waals surface area contributed by atoms with Crippen LogP contribution in [0.1, 0.15) is 18.5 Å². The summed E-state index contributed by atoms with van der Waals surface area (Å²) in [5, 5.41) is 0. The molecular formula is C14H16FN3O2S. The lowest BCUT2D eigenvalue weighted by atomic mass is 10.1. The van der Waals surface area contributed by atoms with Crippen LogP contribution in [0.15, 0.2) is 47.5 Å². The Morgan fingerprint density at radius 2 is 1.90 bits per heavy atom. The lowest BCUT2D eigenvalue weighted by Crippen LogP contribution is -2.31. The topological polar surface area (TPSA) is 76.3 Å². The summed E-state index contributed by atoms with van der Waals surface area (Å²) in [6, 6.07) is 8.26. The normalized spacial score (nSPS) is 13.3. The Morgan fingerprint density at radius 3 is 2.52 bits per heavy atom. The first kappa shape index (κ1) is 15.4. The molecule has 0 aliphatic rings. The van der Waals surface area contributed by atoms with Crippen LogP contribution in [-0.2, 0) is 10.0 Å². The molecule has 2 aromatic rings. The molecule has 1 unspecified atom stereocenters. The van der Waals surface area contributed by atoms with Gasteiger partial charge in [0.2, 0.25) is 10.0 Å². The first-order chi connectivity index (χ1) is 9.85. The van der Waals surface area contributed by atoms with Crippen molar-refractivity contribution in [3.8, 4) is 0 Å². The summed E-state index contributed by atoms with van der Waals surface area (Å²) in [7, 11) is -2.47. The lowest BCUT2D eigenvalue weighted by Gasteiger charge is -2.25. The molecule has 0 saturated carbocycles. The molecule has 0 fully saturated rings. The lowest BCUT2D eigenvalue weighted by molar-refractivity contribution is 0.387. The number of rotatable bonds is 4. The summed E-state index contributed by atoms with van der Waals surface area (Å²) in [5.74, 6) is -0.531. The van der Waals surface area contributed by atoms with Crippen LogP contribution in [0, 0.1) is 5.82 Å². The quantitative estimate of drug-likeness (QED) is 0.939. The molecule has 0 saturated heterocycles. The van der Waals surface area contributed by atoms with Crippen molar-refractivity contribution in [2.24, 2.45) is 0 Å². The van der Waals surface area contributed by atoms with Crippen molar-refractivity contribution in [1.29, 1.82) is 0 Å². The number of hydrogen-bond acceptors (Lipinski definition) is 4. The van der Waals surface area contributed by atoms with E-state index in [9.17, 15) is 12.8 Å². The van der Waals surface area contributed by atoms with Gasteiger partial charge in [0.25, 0.3) is 0 Å². The zero-order valence-corrected chi connectivity index (χ0v) is 12.5. The van der Waals surface area contributed by atoms with Crippen molar-refractivity contribution in [2.75, 3.05) is 12.8 Å². The van der Waals surface area contributed by atoms with Crippen LogP contribution in [0.25, 0.3) is 0 Å². The molecule has 7 heteroatoms. The number of nitrogens with two attached hydrogens (primary N) is 1. The van der Waals surface area contributed by atoms with Gasteiger partial charge >= 0.3 is 0 Å². The molecule has 0 spiro atoms. The predicted octanol–water partition coefficient (Wildman–Crippen LogP) is 2.18. The predicted molar refractivity (Wildman–Crippen MR) is 78.4 cm³/mol. The van der Waals surface area contributed by atoms with Crippen LogP contribution >= 0.6 is 0 Å². The summed E-state index contributed by atoms with van der Waals surface area (Å²) in [5.41, 5.74) is 5.92. The van der Waals surface area contributed by atoms with Gasteiger partial charge in [-0.05, 0) is 25.1 Å². The minimum Gasteiger partial charge on any atom is -0.383 e. The second-order valence-corrected chi connectivity index (χ2v) is 6.57. The van der Waals surface area contributed by atoms with Crippen LogP contribution in [-0.4, -0.2) is 24.8 Å². The molecule has 1 atom stereocenters. The van der Waals surface area contributed by atoms with E-state index in [1.165, 1.54) is 31.4 Å². The van der Waals surface area contributed by atoms with Gasteiger partial charge in [-0.25, -0.2) is 17.8 Å². The summed E-state index contributed by atoms with van der Waals surface area (Å²) in [6.45, 7) is 1.61. The number of halogens is 1. The monoisotopic (exact) mass is 309 g/mol. The first-order valence-electron chi connectivity index (χ1n) is 6.28. The average molecular weight is 309 g/mol. The van der Waals surface area contributed by atoms with Crippen LogP contribution in [0.5, 0.6) is 0 Å². The fourth-order valence-corrected chi connectivity index (χ4v) is 3.40. The molecular weight excluding hydrogens is 293 g/mol. The first-order valence-corrected chi connectivity index (χ1v) is 7.72. The van der Waals surface area contributed by atoms with E-state index in [2.05, 4.69) is 4.98 Å². The maximum absolute atomic E-state index is 13.8. The summed E-state index contributed by atoms with van der Waals surface area (Å²) in [6.07, 6.45) is 1.41. The van der Waals surface area contributed by atoms with E-state index in [-0.39, 0.29) is 10.7 Å². The molecule has 5 nitrogen and oxygen atoms in total. The highest BCUT2D eigenvalue weighted by atomic mass is 32.2. The van der Waals surface area contributed by atoms with Gasteiger partial charge < -0.3 is 5.73 Å². The number of aromatic nitrogens is 1. The summed E-state index contributed by atoms with van der Waals surface area (Å²) in [4.78, 5) is 3.69. The molecule has 2 rings (SSSR count). The number of hydrogen-bond donors (Lipinski definition) is 1. The average Bonchev–Trinajstić information content (AvgIpc) is 2.46. The fourth-order valence-electron chi connectivity index (χ4n) is 1.99. The maximum Gasteiger partial charge on any atom is 0.247 e. The zero-order chi connectivity index (χ0) is 15.6. The van der Waals surface area contributed by atoms with Gasteiger partial charge in [-0.1, -0.05) is 18.2 Å². The molecule has 1 heterocycles. The number of nitrogen functional groups attached to an aromatic ring is 1. The van der Waals surface area contributed by atoms with Crippen molar-refractivity contribution < 1.29 is 12.8 Å². The van der Waals surface area contributed by atoms with Gasteiger partial charge in [-0.3, -0.25) is 0 Å². The van der Waals surface area contributed by atoms with Gasteiger partial charge in [0.1, 0.15) is 16.5 Å². The van der Waals surface area contributed by atoms with Crippen molar-refractivity contribution in [2.45, 2.75) is 17.9 Å². The third-order valence-electron chi connectivity index (χ3n) is 3.36. The van der Waals surface area contributed by atoms with Gasteiger partial charge in [0.15, 0.2) is 0 Å². The highest BCUT2D eigenvalue weighted by Crippen LogP contribution is 2.28. The van der Waals surface area contributed by atoms with Gasteiger partial charge in [0.05, 0.1) is 0 Å². The minimum atomic E-state index is -3.85. The van der Waals surface area contributed by atoms with E-state index < -0.39 is 21.9 Å². The summed E-state index contributed by atoms with van der Waals surface area (Å²) < 4.78 is 40.0. The smallest absolute Gasteiger partial charge is 0.247 e. The van der Waals surface area contributed by atoms with E-state index >= 15 is 0 Å². The Labute approximate surface area is 123 Å². The third kappa shape index (κ3) is 2.88. The molecule has 0 amide bonds. The van der Waals surface area contributed by atoms with Crippen molar-refractivity contribution in [1.82, 2.24) is 9.29 Å². The third-order valence-corrected chi connectivity index (χ3v) is 5.33. The van der Waals surface area contributed by atoms with Gasteiger partial charge in [-0.2, -0.15) is 4.31 Å². The molecule has 112 valence electrons. The molecule has 0 bridgehead atoms. The largest absolute Gasteiger partial charge is 0.383 e. The molecule has 2 N–H and O–H groups in total. The van der Waals surface area contributed by atoms with Crippen molar-refractivity contribution in [3.63, 3.8) is 0 Å². The van der Waals surface area contributed by atoms with E-state index in [0.717, 1.165) is 4.31 Å². The Hall–Kier alpha value is -1.99. The number of nitrogens with zero attached hydrogens (tertiary/aromatic N) is 2. The molecule has 1 aromatic carbocycles. The number of anilines is 1. The van der Waals surface area contributed by atoms with E-state index in [1.54, 1.807) is 25.1 Å².